The van der Waals surface area contributed by atoms with Crippen LogP contribution < -0.4 is 27.2 Å². The summed E-state index contributed by atoms with van der Waals surface area (Å²) >= 11 is 1.65. The Bertz CT molecular complexity index is 581. The normalized spacial score (nSPS) is 10.1. The van der Waals surface area contributed by atoms with E-state index in [1.807, 2.05) is 19.2 Å². The lowest BCUT2D eigenvalue weighted by atomic mass is 10.2. The molecule has 0 fully saturated rings. The second kappa shape index (κ2) is 9.50. The van der Waals surface area contributed by atoms with E-state index in [0.29, 0.717) is 0 Å². The topological polar surface area (TPSA) is 78.7 Å². The van der Waals surface area contributed by atoms with Crippen LogP contribution in [-0.4, -0.2) is 46.7 Å². The molecular formula is C13H20ClN5O2S. The van der Waals surface area contributed by atoms with Crippen molar-refractivity contribution in [2.75, 3.05) is 26.5 Å². The van der Waals surface area contributed by atoms with Gasteiger partial charge in [-0.2, -0.15) is 0 Å². The molecule has 0 atom stereocenters. The van der Waals surface area contributed by atoms with Crippen molar-refractivity contribution in [3.63, 3.8) is 0 Å². The number of ether oxygens (including phenoxy) is 2. The van der Waals surface area contributed by atoms with Crippen LogP contribution in [-0.2, 0) is 13.6 Å². The Morgan fingerprint density at radius 1 is 1.23 bits per heavy atom. The van der Waals surface area contributed by atoms with Crippen molar-refractivity contribution in [3.8, 4) is 11.5 Å². The van der Waals surface area contributed by atoms with E-state index in [1.165, 1.54) is 5.56 Å². The number of thioether (sulfide) groups is 1. The van der Waals surface area contributed by atoms with Crippen LogP contribution in [0.3, 0.4) is 0 Å². The first-order valence-electron chi connectivity index (χ1n) is 6.62. The Kier molecular flexibility index (Phi) is 8.00. The van der Waals surface area contributed by atoms with Crippen LogP contribution in [0, 0.1) is 0 Å². The third-order valence-corrected chi connectivity index (χ3v) is 4.01. The van der Waals surface area contributed by atoms with Gasteiger partial charge in [-0.1, -0.05) is 11.8 Å². The number of hydrogen-bond donors (Lipinski definition) is 1. The fourth-order valence-corrected chi connectivity index (χ4v) is 2.64. The number of halogens is 1. The summed E-state index contributed by atoms with van der Waals surface area (Å²) in [4.78, 5) is 0. The minimum Gasteiger partial charge on any atom is -1.00 e. The number of methoxy groups -OCH3 is 2. The summed E-state index contributed by atoms with van der Waals surface area (Å²) in [5.41, 5.74) is 1.21. The highest BCUT2D eigenvalue weighted by Crippen LogP contribution is 2.27. The van der Waals surface area contributed by atoms with Crippen LogP contribution in [0.2, 0.25) is 0 Å². The average Bonchev–Trinajstić information content (AvgIpc) is 2.92. The summed E-state index contributed by atoms with van der Waals surface area (Å²) in [5.74, 6) is 2.48. The third kappa shape index (κ3) is 5.04. The van der Waals surface area contributed by atoms with Crippen LogP contribution in [0.4, 0.5) is 0 Å². The molecule has 2 aromatic rings. The Labute approximate surface area is 140 Å². The van der Waals surface area contributed by atoms with Crippen molar-refractivity contribution in [3.05, 3.63) is 23.8 Å². The first kappa shape index (κ1) is 18.5. The maximum absolute atomic E-state index is 5.30. The van der Waals surface area contributed by atoms with Crippen molar-refractivity contribution in [1.82, 2.24) is 20.2 Å². The number of nitrogens with two attached hydrogens (primary N) is 1. The molecule has 22 heavy (non-hydrogen) atoms. The van der Waals surface area contributed by atoms with Gasteiger partial charge in [-0.25, -0.2) is 4.68 Å². The van der Waals surface area contributed by atoms with E-state index in [0.717, 1.165) is 35.5 Å². The van der Waals surface area contributed by atoms with Crippen LogP contribution in [0.25, 0.3) is 0 Å². The molecule has 0 saturated carbocycles. The molecule has 0 saturated heterocycles. The number of aromatic nitrogens is 4. The van der Waals surface area contributed by atoms with Crippen molar-refractivity contribution in [2.45, 2.75) is 11.7 Å². The fourth-order valence-electron chi connectivity index (χ4n) is 1.85. The smallest absolute Gasteiger partial charge is 0.209 e. The molecule has 122 valence electrons. The first-order chi connectivity index (χ1) is 10.2. The van der Waals surface area contributed by atoms with Crippen LogP contribution >= 0.6 is 11.8 Å². The Hall–Kier alpha value is -1.51. The molecule has 1 aromatic carbocycles. The molecule has 1 heterocycles. The Morgan fingerprint density at radius 3 is 2.64 bits per heavy atom. The van der Waals surface area contributed by atoms with Gasteiger partial charge in [-0.15, -0.1) is 5.10 Å². The monoisotopic (exact) mass is 345 g/mol. The highest BCUT2D eigenvalue weighted by atomic mass is 35.5. The number of hydrogen-bond acceptors (Lipinski definition) is 6. The van der Waals surface area contributed by atoms with Gasteiger partial charge in [0.1, 0.15) is 6.54 Å². The van der Waals surface area contributed by atoms with Gasteiger partial charge in [0.25, 0.3) is 0 Å². The molecule has 7 nitrogen and oxygen atoms in total. The third-order valence-electron chi connectivity index (χ3n) is 2.96. The molecule has 1 aromatic heterocycles. The molecular weight excluding hydrogens is 326 g/mol. The largest absolute Gasteiger partial charge is 1.00 e. The number of tetrazole rings is 1. The van der Waals surface area contributed by atoms with E-state index in [2.05, 4.69) is 26.9 Å². The molecule has 2 rings (SSSR count). The molecule has 2 N–H and O–H groups in total. The van der Waals surface area contributed by atoms with Gasteiger partial charge in [0, 0.05) is 12.6 Å². The molecule has 0 aliphatic rings. The quantitative estimate of drug-likeness (QED) is 0.408. The minimum atomic E-state index is 0. The summed E-state index contributed by atoms with van der Waals surface area (Å²) in [6.45, 7) is 1.89. The highest BCUT2D eigenvalue weighted by molar-refractivity contribution is 7.99. The van der Waals surface area contributed by atoms with Gasteiger partial charge in [0.05, 0.1) is 26.5 Å². The van der Waals surface area contributed by atoms with Gasteiger partial charge in [0.15, 0.2) is 11.5 Å². The predicted molar refractivity (Wildman–Crippen MR) is 79.6 cm³/mol. The van der Waals surface area contributed by atoms with E-state index in [1.54, 1.807) is 30.7 Å². The second-order valence-corrected chi connectivity index (χ2v) is 5.47. The van der Waals surface area contributed by atoms with Crippen LogP contribution in [0.1, 0.15) is 5.56 Å². The summed E-state index contributed by atoms with van der Waals surface area (Å²) in [7, 11) is 5.13. The zero-order chi connectivity index (χ0) is 15.1. The second-order valence-electron chi connectivity index (χ2n) is 4.40. The lowest BCUT2D eigenvalue weighted by Crippen LogP contribution is -3.00. The Morgan fingerprint density at radius 2 is 2.00 bits per heavy atom. The maximum atomic E-state index is 5.30. The fraction of sp³-hybridized carbons (Fsp3) is 0.462. The zero-order valence-electron chi connectivity index (χ0n) is 12.8. The van der Waals surface area contributed by atoms with E-state index < -0.39 is 0 Å². The van der Waals surface area contributed by atoms with Crippen LogP contribution in [0.15, 0.2) is 23.4 Å². The van der Waals surface area contributed by atoms with Gasteiger partial charge >= 0.3 is 0 Å². The molecule has 0 bridgehead atoms. The molecule has 9 heteroatoms. The zero-order valence-corrected chi connectivity index (χ0v) is 14.4. The van der Waals surface area contributed by atoms with E-state index in [4.69, 9.17) is 9.47 Å². The predicted octanol–water partition coefficient (Wildman–Crippen LogP) is -2.91. The summed E-state index contributed by atoms with van der Waals surface area (Å²) in [6.07, 6.45) is 0. The van der Waals surface area contributed by atoms with Gasteiger partial charge in [-0.3, -0.25) is 0 Å². The van der Waals surface area contributed by atoms with Gasteiger partial charge < -0.3 is 27.2 Å². The average molecular weight is 346 g/mol. The summed E-state index contributed by atoms with van der Waals surface area (Å²) < 4.78 is 12.2. The number of benzene rings is 1. The number of quaternary nitrogens is 1. The first-order valence-corrected chi connectivity index (χ1v) is 7.61. The molecule has 0 radical (unpaired) electrons. The number of aryl methyl sites for hydroxylation is 1. The SMILES string of the molecule is COc1ccc(C[NH2+]CCSc2nnnn2C)cc1OC.[Cl-]. The standard InChI is InChI=1S/C13H19N5O2S.ClH/c1-18-13(15-16-17-18)21-7-6-14-9-10-4-5-11(19-2)12(8-10)20-3;/h4-5,8,14H,6-7,9H2,1-3H3;1H. The molecule has 0 aliphatic carbocycles. The van der Waals surface area contributed by atoms with Crippen LogP contribution in [0.5, 0.6) is 11.5 Å². The van der Waals surface area contributed by atoms with Crippen molar-refractivity contribution >= 4 is 11.8 Å². The van der Waals surface area contributed by atoms with Crippen molar-refractivity contribution in [2.24, 2.45) is 7.05 Å². The highest BCUT2D eigenvalue weighted by Gasteiger charge is 2.06. The van der Waals surface area contributed by atoms with Gasteiger partial charge in [0.2, 0.25) is 5.16 Å². The number of nitrogens with zero attached hydrogens (tertiary/aromatic N) is 4. The summed E-state index contributed by atoms with van der Waals surface area (Å²) in [6, 6.07) is 5.99. The Balaban J connectivity index is 0.00000242. The van der Waals surface area contributed by atoms with Crippen molar-refractivity contribution in [1.29, 1.82) is 0 Å². The molecule has 0 spiro atoms. The summed E-state index contributed by atoms with van der Waals surface area (Å²) in [5, 5.41) is 14.4. The molecule has 0 aliphatic heterocycles. The van der Waals surface area contributed by atoms with E-state index in [9.17, 15) is 0 Å². The molecule has 0 unspecified atom stereocenters. The lowest BCUT2D eigenvalue weighted by Gasteiger charge is -2.09. The van der Waals surface area contributed by atoms with Crippen molar-refractivity contribution < 1.29 is 27.2 Å². The minimum absolute atomic E-state index is 0. The number of rotatable bonds is 8. The van der Waals surface area contributed by atoms with E-state index in [-0.39, 0.29) is 12.4 Å². The maximum Gasteiger partial charge on any atom is 0.209 e. The van der Waals surface area contributed by atoms with Gasteiger partial charge in [-0.05, 0) is 28.6 Å². The van der Waals surface area contributed by atoms with E-state index >= 15 is 0 Å². The molecule has 0 amide bonds. The lowest BCUT2D eigenvalue weighted by molar-refractivity contribution is -0.666.